The van der Waals surface area contributed by atoms with Gasteiger partial charge in [0.2, 0.25) is 12.7 Å². The Morgan fingerprint density at radius 1 is 0.941 bits per heavy atom. The predicted molar refractivity (Wildman–Crippen MR) is 95.2 cm³/mol. The van der Waals surface area contributed by atoms with Crippen LogP contribution in [0.25, 0.3) is 11.3 Å². The van der Waals surface area contributed by atoms with Gasteiger partial charge in [-0.05, 0) is 24.3 Å². The number of hydrogen-bond acceptors (Lipinski definition) is 9. The average Bonchev–Trinajstić information content (AvgIpc) is 3.13. The van der Waals surface area contributed by atoms with Crippen molar-refractivity contribution in [1.29, 1.82) is 0 Å². The van der Waals surface area contributed by atoms with Crippen LogP contribution in [0.2, 0.25) is 0 Å². The van der Waals surface area contributed by atoms with E-state index >= 15 is 0 Å². The quantitative estimate of drug-likeness (QED) is 0.392. The summed E-state index contributed by atoms with van der Waals surface area (Å²) in [5, 5.41) is 2.41. The van der Waals surface area contributed by atoms with Gasteiger partial charge >= 0.3 is 30.3 Å². The standard InChI is InChI=1S/C19H12F6N2O7/c20-18(21,22)15(28)33-17(34-16(29)19(23,24)25)7-26-6-10-1-3-11(27-14(10)32-17)9-2-4-12-13(5-9)31-8-30-12/h1-5,26H,6-8H2. The van der Waals surface area contributed by atoms with Gasteiger partial charge in [-0.15, -0.1) is 0 Å². The number of rotatable bonds is 3. The number of nitrogens with zero attached hydrogens (tertiary/aromatic N) is 1. The largest absolute Gasteiger partial charge is 0.491 e. The van der Waals surface area contributed by atoms with Crippen molar-refractivity contribution in [3.05, 3.63) is 35.9 Å². The predicted octanol–water partition coefficient (Wildman–Crippen LogP) is 2.82. The first-order valence-corrected chi connectivity index (χ1v) is 9.26. The van der Waals surface area contributed by atoms with Crippen molar-refractivity contribution in [2.45, 2.75) is 24.9 Å². The summed E-state index contributed by atoms with van der Waals surface area (Å²) in [4.78, 5) is 26.9. The number of fused-ring (bicyclic) bond motifs is 2. The molecule has 1 N–H and O–H groups in total. The molecule has 0 bridgehead atoms. The summed E-state index contributed by atoms with van der Waals surface area (Å²) in [6.07, 6.45) is -11.3. The molecule has 0 amide bonds. The number of halogens is 6. The van der Waals surface area contributed by atoms with Crippen LogP contribution in [0.15, 0.2) is 30.3 Å². The number of alkyl halides is 6. The molecular weight excluding hydrogens is 482 g/mol. The van der Waals surface area contributed by atoms with Gasteiger partial charge in [0.15, 0.2) is 11.5 Å². The fourth-order valence-electron chi connectivity index (χ4n) is 2.98. The Morgan fingerprint density at radius 3 is 2.24 bits per heavy atom. The fraction of sp³-hybridized carbons (Fsp3) is 0.316. The summed E-state index contributed by atoms with van der Waals surface area (Å²) < 4.78 is 100. The van der Waals surface area contributed by atoms with Gasteiger partial charge in [-0.2, -0.15) is 26.3 Å². The highest BCUT2D eigenvalue weighted by Crippen LogP contribution is 2.37. The van der Waals surface area contributed by atoms with Crippen molar-refractivity contribution in [2.75, 3.05) is 13.3 Å². The molecule has 3 heterocycles. The van der Waals surface area contributed by atoms with Crippen LogP contribution in [0.4, 0.5) is 26.3 Å². The molecule has 2 aliphatic rings. The maximum absolute atomic E-state index is 12.8. The SMILES string of the molecule is O=C(OC1(OC(=O)C(F)(F)F)CNCc2ccc(-c3ccc4c(c3)OCO4)nc2O1)C(F)(F)F. The molecule has 1 aromatic heterocycles. The molecule has 9 nitrogen and oxygen atoms in total. The summed E-state index contributed by atoms with van der Waals surface area (Å²) in [6.45, 7) is -1.26. The van der Waals surface area contributed by atoms with Crippen LogP contribution in [0.5, 0.6) is 17.4 Å². The number of esters is 2. The van der Waals surface area contributed by atoms with E-state index in [0.29, 0.717) is 17.1 Å². The van der Waals surface area contributed by atoms with Gasteiger partial charge in [-0.1, -0.05) is 6.07 Å². The van der Waals surface area contributed by atoms with Gasteiger partial charge in [0.1, 0.15) is 6.54 Å². The molecule has 0 atom stereocenters. The van der Waals surface area contributed by atoms with Crippen molar-refractivity contribution >= 4 is 11.9 Å². The molecular formula is C19H12F6N2O7. The van der Waals surface area contributed by atoms with Crippen LogP contribution < -0.4 is 19.5 Å². The zero-order valence-corrected chi connectivity index (χ0v) is 16.6. The molecule has 2 aromatic rings. The van der Waals surface area contributed by atoms with Crippen LogP contribution >= 0.6 is 0 Å². The molecule has 1 aromatic carbocycles. The third-order valence-electron chi connectivity index (χ3n) is 4.48. The summed E-state index contributed by atoms with van der Waals surface area (Å²) in [5.41, 5.74) is 0.757. The van der Waals surface area contributed by atoms with Gasteiger partial charge in [0.05, 0.1) is 5.69 Å². The highest BCUT2D eigenvalue weighted by molar-refractivity contribution is 5.78. The van der Waals surface area contributed by atoms with E-state index in [4.69, 9.17) is 14.2 Å². The molecule has 2 aliphatic heterocycles. The van der Waals surface area contributed by atoms with Crippen molar-refractivity contribution in [3.8, 4) is 28.6 Å². The van der Waals surface area contributed by atoms with E-state index in [1.165, 1.54) is 18.2 Å². The molecule has 0 saturated carbocycles. The number of benzene rings is 1. The highest BCUT2D eigenvalue weighted by Gasteiger charge is 2.55. The molecule has 4 rings (SSSR count). The number of carbonyl (C=O) groups is 2. The summed E-state index contributed by atoms with van der Waals surface area (Å²) in [6, 6.07) is 7.58. The summed E-state index contributed by atoms with van der Waals surface area (Å²) in [5.74, 6) is -9.05. The topological polar surface area (TPSA) is 105 Å². The normalized spacial score (nSPS) is 16.6. The first-order valence-electron chi connectivity index (χ1n) is 9.26. The van der Waals surface area contributed by atoms with Crippen LogP contribution in [0.1, 0.15) is 5.56 Å². The second kappa shape index (κ2) is 8.23. The van der Waals surface area contributed by atoms with Gasteiger partial charge in [0.25, 0.3) is 0 Å². The smallest absolute Gasteiger partial charge is 0.454 e. The summed E-state index contributed by atoms with van der Waals surface area (Å²) >= 11 is 0. The molecule has 34 heavy (non-hydrogen) atoms. The van der Waals surface area contributed by atoms with Crippen LogP contribution in [-0.4, -0.2) is 48.6 Å². The molecule has 182 valence electrons. The Bertz CT molecular complexity index is 1110. The van der Waals surface area contributed by atoms with E-state index in [-0.39, 0.29) is 24.6 Å². The monoisotopic (exact) mass is 494 g/mol. The van der Waals surface area contributed by atoms with E-state index in [2.05, 4.69) is 19.8 Å². The Hall–Kier alpha value is -3.75. The van der Waals surface area contributed by atoms with Crippen LogP contribution in [-0.2, 0) is 25.6 Å². The van der Waals surface area contributed by atoms with Crippen LogP contribution in [0.3, 0.4) is 0 Å². The van der Waals surface area contributed by atoms with E-state index in [9.17, 15) is 35.9 Å². The molecule has 0 spiro atoms. The lowest BCUT2D eigenvalue weighted by atomic mass is 10.1. The minimum atomic E-state index is -5.63. The maximum Gasteiger partial charge on any atom is 0.491 e. The lowest BCUT2D eigenvalue weighted by molar-refractivity contribution is -0.331. The van der Waals surface area contributed by atoms with Crippen molar-refractivity contribution in [3.63, 3.8) is 0 Å². The fourth-order valence-corrected chi connectivity index (χ4v) is 2.98. The number of hydrogen-bond donors (Lipinski definition) is 1. The Kier molecular flexibility index (Phi) is 5.67. The number of aromatic nitrogens is 1. The summed E-state index contributed by atoms with van der Waals surface area (Å²) in [7, 11) is 0. The Balaban J connectivity index is 1.71. The third-order valence-corrected chi connectivity index (χ3v) is 4.48. The van der Waals surface area contributed by atoms with E-state index in [0.717, 1.165) is 0 Å². The van der Waals surface area contributed by atoms with Crippen molar-refractivity contribution in [2.24, 2.45) is 0 Å². The van der Waals surface area contributed by atoms with Gasteiger partial charge in [0, 0.05) is 17.7 Å². The third kappa shape index (κ3) is 4.78. The van der Waals surface area contributed by atoms with Crippen molar-refractivity contribution in [1.82, 2.24) is 10.3 Å². The average molecular weight is 494 g/mol. The Morgan fingerprint density at radius 2 is 1.59 bits per heavy atom. The highest BCUT2D eigenvalue weighted by atomic mass is 19.4. The number of nitrogens with one attached hydrogen (secondary N) is 1. The molecule has 0 fully saturated rings. The van der Waals surface area contributed by atoms with Gasteiger partial charge in [-0.3, -0.25) is 0 Å². The van der Waals surface area contributed by atoms with E-state index in [1.54, 1.807) is 12.1 Å². The van der Waals surface area contributed by atoms with Gasteiger partial charge < -0.3 is 29.0 Å². The minimum absolute atomic E-state index is 0.0111. The van der Waals surface area contributed by atoms with Crippen LogP contribution in [0, 0.1) is 0 Å². The lowest BCUT2D eigenvalue weighted by Crippen LogP contribution is -2.55. The van der Waals surface area contributed by atoms with E-state index in [1.807, 2.05) is 0 Å². The second-order valence-electron chi connectivity index (χ2n) is 6.89. The Labute approximate surface area is 185 Å². The molecule has 0 unspecified atom stereocenters. The van der Waals surface area contributed by atoms with E-state index < -0.39 is 42.7 Å². The zero-order chi connectivity index (χ0) is 24.7. The number of ether oxygens (including phenoxy) is 5. The molecule has 0 aliphatic carbocycles. The van der Waals surface area contributed by atoms with Gasteiger partial charge in [-0.25, -0.2) is 14.6 Å². The first kappa shape index (κ1) is 23.4. The minimum Gasteiger partial charge on any atom is -0.454 e. The number of carbonyl (C=O) groups excluding carboxylic acids is 2. The molecule has 0 saturated heterocycles. The second-order valence-corrected chi connectivity index (χ2v) is 6.89. The first-order chi connectivity index (χ1) is 15.9. The zero-order valence-electron chi connectivity index (χ0n) is 16.6. The lowest BCUT2D eigenvalue weighted by Gasteiger charge is -2.31. The molecule has 0 radical (unpaired) electrons. The molecule has 15 heteroatoms. The van der Waals surface area contributed by atoms with Crippen molar-refractivity contribution < 1.29 is 59.6 Å². The maximum atomic E-state index is 12.8. The number of pyridine rings is 1.